The van der Waals surface area contributed by atoms with Gasteiger partial charge < -0.3 is 10.1 Å². The van der Waals surface area contributed by atoms with E-state index >= 15 is 0 Å². The van der Waals surface area contributed by atoms with Crippen LogP contribution in [-0.4, -0.2) is 20.3 Å². The average molecular weight is 179 g/mol. The fourth-order valence-corrected chi connectivity index (χ4v) is 1.20. The van der Waals surface area contributed by atoms with Crippen molar-refractivity contribution in [3.8, 4) is 0 Å². The van der Waals surface area contributed by atoms with Crippen molar-refractivity contribution in [2.45, 2.75) is 13.3 Å². The van der Waals surface area contributed by atoms with Gasteiger partial charge in [-0.2, -0.15) is 0 Å². The number of ether oxygens (including phenoxy) is 1. The van der Waals surface area contributed by atoms with E-state index in [9.17, 15) is 0 Å². The molecule has 0 radical (unpaired) electrons. The van der Waals surface area contributed by atoms with Gasteiger partial charge in [0.2, 0.25) is 0 Å². The lowest BCUT2D eigenvalue weighted by atomic mass is 10.2. The van der Waals surface area contributed by atoms with E-state index in [1.165, 1.54) is 11.3 Å². The molecule has 0 heterocycles. The number of benzene rings is 1. The Kier molecular flexibility index (Phi) is 4.33. The third-order valence-electron chi connectivity index (χ3n) is 1.87. The molecule has 0 amide bonds. The molecule has 0 aliphatic rings. The van der Waals surface area contributed by atoms with Crippen LogP contribution in [0, 0.1) is 6.92 Å². The third-order valence-corrected chi connectivity index (χ3v) is 1.87. The molecule has 0 spiro atoms. The second-order valence-corrected chi connectivity index (χ2v) is 3.14. The van der Waals surface area contributed by atoms with Gasteiger partial charge in [-0.1, -0.05) is 12.1 Å². The lowest BCUT2D eigenvalue weighted by Crippen LogP contribution is -2.04. The van der Waals surface area contributed by atoms with Crippen LogP contribution in [0.2, 0.25) is 0 Å². The van der Waals surface area contributed by atoms with E-state index in [1.54, 1.807) is 7.11 Å². The molecule has 0 fully saturated rings. The summed E-state index contributed by atoms with van der Waals surface area (Å²) in [6.45, 7) is 3.89. The van der Waals surface area contributed by atoms with Gasteiger partial charge in [-0.05, 0) is 31.0 Å². The molecule has 0 aromatic heterocycles. The standard InChI is InChI=1S/C11H17NO/c1-10-5-3-6-11(9-10)12-7-4-8-13-2/h3,5-6,9,12H,4,7-8H2,1-2H3. The number of hydrogen-bond donors (Lipinski definition) is 1. The van der Waals surface area contributed by atoms with E-state index in [0.29, 0.717) is 0 Å². The highest BCUT2D eigenvalue weighted by Gasteiger charge is 1.90. The first kappa shape index (κ1) is 10.1. The van der Waals surface area contributed by atoms with E-state index in [0.717, 1.165) is 19.6 Å². The molecule has 0 atom stereocenters. The van der Waals surface area contributed by atoms with Gasteiger partial charge in [-0.3, -0.25) is 0 Å². The predicted molar refractivity (Wildman–Crippen MR) is 56.2 cm³/mol. The minimum Gasteiger partial charge on any atom is -0.385 e. The summed E-state index contributed by atoms with van der Waals surface area (Å²) in [6, 6.07) is 8.39. The molecule has 2 heteroatoms. The molecule has 72 valence electrons. The van der Waals surface area contributed by atoms with Crippen molar-refractivity contribution in [2.75, 3.05) is 25.6 Å². The van der Waals surface area contributed by atoms with Crippen LogP contribution in [0.1, 0.15) is 12.0 Å². The van der Waals surface area contributed by atoms with E-state index in [-0.39, 0.29) is 0 Å². The zero-order valence-electron chi connectivity index (χ0n) is 8.34. The maximum atomic E-state index is 4.96. The minimum atomic E-state index is 0.818. The van der Waals surface area contributed by atoms with Gasteiger partial charge in [0.25, 0.3) is 0 Å². The van der Waals surface area contributed by atoms with Crippen molar-refractivity contribution in [3.63, 3.8) is 0 Å². The first-order chi connectivity index (χ1) is 6.33. The van der Waals surface area contributed by atoms with Gasteiger partial charge in [0.05, 0.1) is 0 Å². The fourth-order valence-electron chi connectivity index (χ4n) is 1.20. The topological polar surface area (TPSA) is 21.3 Å². The molecule has 0 aliphatic carbocycles. The highest BCUT2D eigenvalue weighted by atomic mass is 16.5. The number of hydrogen-bond acceptors (Lipinski definition) is 2. The zero-order valence-corrected chi connectivity index (χ0v) is 8.34. The fraction of sp³-hybridized carbons (Fsp3) is 0.455. The van der Waals surface area contributed by atoms with Gasteiger partial charge in [0, 0.05) is 25.9 Å². The molecular formula is C11H17NO. The van der Waals surface area contributed by atoms with Gasteiger partial charge >= 0.3 is 0 Å². The molecule has 0 saturated carbocycles. The lowest BCUT2D eigenvalue weighted by molar-refractivity contribution is 0.198. The maximum absolute atomic E-state index is 4.96. The average Bonchev–Trinajstić information content (AvgIpc) is 2.13. The normalized spacial score (nSPS) is 10.0. The van der Waals surface area contributed by atoms with Crippen molar-refractivity contribution in [1.82, 2.24) is 0 Å². The summed E-state index contributed by atoms with van der Waals surface area (Å²) in [5, 5.41) is 3.34. The van der Waals surface area contributed by atoms with Crippen LogP contribution < -0.4 is 5.32 Å². The molecule has 1 N–H and O–H groups in total. The van der Waals surface area contributed by atoms with Crippen LogP contribution in [0.4, 0.5) is 5.69 Å². The first-order valence-electron chi connectivity index (χ1n) is 4.62. The Bertz CT molecular complexity index is 248. The molecule has 1 aromatic carbocycles. The van der Waals surface area contributed by atoms with E-state index in [1.807, 2.05) is 0 Å². The molecule has 1 aromatic rings. The highest BCUT2D eigenvalue weighted by molar-refractivity contribution is 5.45. The summed E-state index contributed by atoms with van der Waals surface area (Å²) in [7, 11) is 1.73. The smallest absolute Gasteiger partial charge is 0.0479 e. The van der Waals surface area contributed by atoms with Crippen molar-refractivity contribution >= 4 is 5.69 Å². The van der Waals surface area contributed by atoms with Crippen LogP contribution in [-0.2, 0) is 4.74 Å². The number of aryl methyl sites for hydroxylation is 1. The largest absolute Gasteiger partial charge is 0.385 e. The molecule has 0 bridgehead atoms. The summed E-state index contributed by atoms with van der Waals surface area (Å²) in [5.74, 6) is 0. The van der Waals surface area contributed by atoms with Crippen LogP contribution in [0.5, 0.6) is 0 Å². The van der Waals surface area contributed by atoms with Crippen molar-refractivity contribution in [1.29, 1.82) is 0 Å². The third kappa shape index (κ3) is 3.95. The SMILES string of the molecule is COCCCNc1cccc(C)c1. The molecule has 0 saturated heterocycles. The second-order valence-electron chi connectivity index (χ2n) is 3.14. The minimum absolute atomic E-state index is 0.818. The molecule has 0 aliphatic heterocycles. The summed E-state index contributed by atoms with van der Waals surface area (Å²) in [4.78, 5) is 0. The Morgan fingerprint density at radius 3 is 2.92 bits per heavy atom. The van der Waals surface area contributed by atoms with Gasteiger partial charge in [-0.15, -0.1) is 0 Å². The molecule has 2 nitrogen and oxygen atoms in total. The molecule has 13 heavy (non-hydrogen) atoms. The summed E-state index contributed by atoms with van der Waals surface area (Å²) < 4.78 is 4.96. The molecular weight excluding hydrogens is 162 g/mol. The number of rotatable bonds is 5. The van der Waals surface area contributed by atoms with Crippen LogP contribution in [0.3, 0.4) is 0 Å². The van der Waals surface area contributed by atoms with E-state index in [2.05, 4.69) is 36.5 Å². The molecule has 0 unspecified atom stereocenters. The van der Waals surface area contributed by atoms with Crippen LogP contribution in [0.15, 0.2) is 24.3 Å². The van der Waals surface area contributed by atoms with Gasteiger partial charge in [0.15, 0.2) is 0 Å². The number of anilines is 1. The highest BCUT2D eigenvalue weighted by Crippen LogP contribution is 2.08. The zero-order chi connectivity index (χ0) is 9.52. The van der Waals surface area contributed by atoms with Crippen molar-refractivity contribution in [2.24, 2.45) is 0 Å². The van der Waals surface area contributed by atoms with Crippen molar-refractivity contribution < 1.29 is 4.74 Å². The van der Waals surface area contributed by atoms with Crippen LogP contribution in [0.25, 0.3) is 0 Å². The first-order valence-corrected chi connectivity index (χ1v) is 4.62. The van der Waals surface area contributed by atoms with Gasteiger partial charge in [-0.25, -0.2) is 0 Å². The quantitative estimate of drug-likeness (QED) is 0.701. The Labute approximate surface area is 79.9 Å². The molecule has 1 rings (SSSR count). The van der Waals surface area contributed by atoms with Crippen LogP contribution >= 0.6 is 0 Å². The van der Waals surface area contributed by atoms with Gasteiger partial charge in [0.1, 0.15) is 0 Å². The summed E-state index contributed by atoms with van der Waals surface area (Å²) in [5.41, 5.74) is 2.48. The number of methoxy groups -OCH3 is 1. The second kappa shape index (κ2) is 5.60. The van der Waals surface area contributed by atoms with E-state index in [4.69, 9.17) is 4.74 Å². The Balaban J connectivity index is 2.28. The monoisotopic (exact) mass is 179 g/mol. The maximum Gasteiger partial charge on any atom is 0.0479 e. The predicted octanol–water partition coefficient (Wildman–Crippen LogP) is 2.44. The summed E-state index contributed by atoms with van der Waals surface area (Å²) >= 11 is 0. The Morgan fingerprint density at radius 1 is 1.38 bits per heavy atom. The Morgan fingerprint density at radius 2 is 2.23 bits per heavy atom. The van der Waals surface area contributed by atoms with Crippen molar-refractivity contribution in [3.05, 3.63) is 29.8 Å². The Hall–Kier alpha value is -1.02. The number of nitrogens with one attached hydrogen (secondary N) is 1. The lowest BCUT2D eigenvalue weighted by Gasteiger charge is -2.06. The van der Waals surface area contributed by atoms with E-state index < -0.39 is 0 Å². The summed E-state index contributed by atoms with van der Waals surface area (Å²) in [6.07, 6.45) is 1.05.